The molecule has 3 aromatic rings. The van der Waals surface area contributed by atoms with Crippen molar-refractivity contribution >= 4 is 33.5 Å². The molecule has 148 valence electrons. The molecule has 0 saturated heterocycles. The number of ketones is 1. The zero-order chi connectivity index (χ0) is 20.3. The molecule has 1 atom stereocenters. The summed E-state index contributed by atoms with van der Waals surface area (Å²) in [6.45, 7) is 6.65. The maximum Gasteiger partial charge on any atom is 0.277 e. The van der Waals surface area contributed by atoms with Crippen molar-refractivity contribution in [1.29, 1.82) is 0 Å². The molecule has 0 amide bonds. The van der Waals surface area contributed by atoms with Gasteiger partial charge in [-0.25, -0.2) is 0 Å². The molecule has 0 saturated carbocycles. The molecule has 2 aromatic heterocycles. The number of aromatic nitrogens is 3. The molecular formula is C20H22BrN3O3S. The number of nitrogens with zero attached hydrogens (tertiary/aromatic N) is 3. The fourth-order valence-corrected chi connectivity index (χ4v) is 4.31. The lowest BCUT2D eigenvalue weighted by Gasteiger charge is -2.17. The summed E-state index contributed by atoms with van der Waals surface area (Å²) in [5.41, 5.74) is 3.55. The molecule has 0 fully saturated rings. The highest BCUT2D eigenvalue weighted by molar-refractivity contribution is 9.10. The molecule has 0 aliphatic carbocycles. The molecule has 6 nitrogen and oxygen atoms in total. The second-order valence-corrected chi connectivity index (χ2v) is 8.40. The van der Waals surface area contributed by atoms with Gasteiger partial charge in [0.25, 0.3) is 5.22 Å². The quantitative estimate of drug-likeness (QED) is 0.341. The van der Waals surface area contributed by atoms with Crippen LogP contribution in [0.1, 0.15) is 34.7 Å². The third-order valence-electron chi connectivity index (χ3n) is 4.44. The van der Waals surface area contributed by atoms with Gasteiger partial charge in [-0.2, -0.15) is 0 Å². The Morgan fingerprint density at radius 3 is 2.82 bits per heavy atom. The van der Waals surface area contributed by atoms with E-state index in [2.05, 4.69) is 37.6 Å². The summed E-state index contributed by atoms with van der Waals surface area (Å²) in [4.78, 5) is 12.7. The largest absolute Gasteiger partial charge is 0.411 e. The zero-order valence-electron chi connectivity index (χ0n) is 16.2. The Bertz CT molecular complexity index is 983. The van der Waals surface area contributed by atoms with E-state index in [0.29, 0.717) is 17.7 Å². The fraction of sp³-hybridized carbons (Fsp3) is 0.350. The van der Waals surface area contributed by atoms with Crippen molar-refractivity contribution in [3.05, 3.63) is 51.8 Å². The predicted octanol–water partition coefficient (Wildman–Crippen LogP) is 5.10. The first-order chi connectivity index (χ1) is 13.4. The number of thioether (sulfide) groups is 1. The molecule has 0 aliphatic heterocycles. The van der Waals surface area contributed by atoms with Gasteiger partial charge in [0, 0.05) is 34.1 Å². The number of ether oxygens (including phenoxy) is 1. The molecule has 0 radical (unpaired) electrons. The van der Waals surface area contributed by atoms with Crippen molar-refractivity contribution in [1.82, 2.24) is 14.8 Å². The SMILES string of the molecule is COCC(C)n1c(C)cc(C(=O)CSc2nnc(-c3cccc(Br)c3)o2)c1C. The lowest BCUT2D eigenvalue weighted by molar-refractivity contribution is 0.102. The van der Waals surface area contributed by atoms with Crippen LogP contribution in [0.3, 0.4) is 0 Å². The maximum atomic E-state index is 12.7. The van der Waals surface area contributed by atoms with Crippen molar-refractivity contribution in [3.8, 4) is 11.5 Å². The topological polar surface area (TPSA) is 70.2 Å². The molecular weight excluding hydrogens is 442 g/mol. The highest BCUT2D eigenvalue weighted by Gasteiger charge is 2.20. The van der Waals surface area contributed by atoms with Crippen LogP contribution >= 0.6 is 27.7 Å². The number of hydrogen-bond donors (Lipinski definition) is 0. The molecule has 2 heterocycles. The first kappa shape index (κ1) is 20.8. The minimum Gasteiger partial charge on any atom is -0.411 e. The van der Waals surface area contributed by atoms with Crippen LogP contribution in [-0.2, 0) is 4.74 Å². The van der Waals surface area contributed by atoms with Gasteiger partial charge in [0.15, 0.2) is 5.78 Å². The molecule has 1 unspecified atom stereocenters. The van der Waals surface area contributed by atoms with Crippen LogP contribution < -0.4 is 0 Å². The number of hydrogen-bond acceptors (Lipinski definition) is 6. The van der Waals surface area contributed by atoms with Crippen LogP contribution in [0.5, 0.6) is 0 Å². The first-order valence-corrected chi connectivity index (χ1v) is 10.6. The summed E-state index contributed by atoms with van der Waals surface area (Å²) in [5.74, 6) is 0.710. The molecule has 0 N–H and O–H groups in total. The molecule has 0 bridgehead atoms. The van der Waals surface area contributed by atoms with Crippen LogP contribution in [0.25, 0.3) is 11.5 Å². The molecule has 0 spiro atoms. The van der Waals surface area contributed by atoms with Crippen molar-refractivity contribution in [2.75, 3.05) is 19.5 Å². The Kier molecular flexibility index (Phi) is 6.74. The van der Waals surface area contributed by atoms with Gasteiger partial charge < -0.3 is 13.7 Å². The first-order valence-electron chi connectivity index (χ1n) is 8.83. The monoisotopic (exact) mass is 463 g/mol. The summed E-state index contributed by atoms with van der Waals surface area (Å²) in [7, 11) is 1.68. The van der Waals surface area contributed by atoms with E-state index in [1.807, 2.05) is 44.2 Å². The van der Waals surface area contributed by atoms with Crippen LogP contribution in [0.15, 0.2) is 44.4 Å². The van der Waals surface area contributed by atoms with Crippen molar-refractivity contribution in [2.24, 2.45) is 0 Å². The van der Waals surface area contributed by atoms with E-state index in [1.54, 1.807) is 7.11 Å². The number of halogens is 1. The smallest absolute Gasteiger partial charge is 0.277 e. The van der Waals surface area contributed by atoms with Crippen molar-refractivity contribution in [3.63, 3.8) is 0 Å². The van der Waals surface area contributed by atoms with E-state index in [1.165, 1.54) is 11.8 Å². The summed E-state index contributed by atoms with van der Waals surface area (Å²) >= 11 is 4.68. The fourth-order valence-electron chi connectivity index (χ4n) is 3.26. The van der Waals surface area contributed by atoms with E-state index >= 15 is 0 Å². The third kappa shape index (κ3) is 4.56. The Balaban J connectivity index is 1.69. The van der Waals surface area contributed by atoms with Crippen LogP contribution in [0.2, 0.25) is 0 Å². The number of aryl methyl sites for hydroxylation is 1. The minimum atomic E-state index is 0.0381. The number of carbonyl (C=O) groups is 1. The van der Waals surface area contributed by atoms with Gasteiger partial charge in [-0.05, 0) is 45.0 Å². The van der Waals surface area contributed by atoms with Gasteiger partial charge in [0.05, 0.1) is 18.4 Å². The van der Waals surface area contributed by atoms with Gasteiger partial charge in [0.1, 0.15) is 0 Å². The molecule has 3 rings (SSSR count). The summed E-state index contributed by atoms with van der Waals surface area (Å²) in [6.07, 6.45) is 0. The maximum absolute atomic E-state index is 12.7. The van der Waals surface area contributed by atoms with Gasteiger partial charge in [-0.1, -0.05) is 33.8 Å². The highest BCUT2D eigenvalue weighted by Crippen LogP contribution is 2.27. The van der Waals surface area contributed by atoms with Gasteiger partial charge in [-0.15, -0.1) is 10.2 Å². The molecule has 0 aliphatic rings. The van der Waals surface area contributed by atoms with Gasteiger partial charge in [0.2, 0.25) is 5.89 Å². The average molecular weight is 464 g/mol. The highest BCUT2D eigenvalue weighted by atomic mass is 79.9. The van der Waals surface area contributed by atoms with Crippen molar-refractivity contribution < 1.29 is 13.9 Å². The van der Waals surface area contributed by atoms with E-state index in [-0.39, 0.29) is 17.6 Å². The Morgan fingerprint density at radius 1 is 1.32 bits per heavy atom. The molecule has 28 heavy (non-hydrogen) atoms. The van der Waals surface area contributed by atoms with E-state index < -0.39 is 0 Å². The second-order valence-electron chi connectivity index (χ2n) is 6.55. The lowest BCUT2D eigenvalue weighted by Crippen LogP contribution is -2.14. The average Bonchev–Trinajstić information content (AvgIpc) is 3.24. The minimum absolute atomic E-state index is 0.0381. The third-order valence-corrected chi connectivity index (χ3v) is 5.75. The number of benzene rings is 1. The zero-order valence-corrected chi connectivity index (χ0v) is 18.6. The molecule has 8 heteroatoms. The number of Topliss-reactive ketones (excluding diaryl/α,β-unsaturated/α-hetero) is 1. The standard InChI is InChI=1S/C20H22BrN3O3S/c1-12-8-17(14(3)24(12)13(2)10-26-4)18(25)11-28-20-23-22-19(27-20)15-6-5-7-16(21)9-15/h5-9,13H,10-11H2,1-4H3. The van der Waals surface area contributed by atoms with Crippen LogP contribution in [0.4, 0.5) is 0 Å². The molecule has 1 aromatic carbocycles. The van der Waals surface area contributed by atoms with E-state index in [4.69, 9.17) is 9.15 Å². The van der Waals surface area contributed by atoms with Crippen LogP contribution in [-0.4, -0.2) is 40.0 Å². The number of carbonyl (C=O) groups excluding carboxylic acids is 1. The Morgan fingerprint density at radius 2 is 2.11 bits per heavy atom. The van der Waals surface area contributed by atoms with Gasteiger partial charge >= 0.3 is 0 Å². The second kappa shape index (κ2) is 9.07. The lowest BCUT2D eigenvalue weighted by atomic mass is 10.2. The predicted molar refractivity (Wildman–Crippen MR) is 113 cm³/mol. The number of methoxy groups -OCH3 is 1. The van der Waals surface area contributed by atoms with Crippen molar-refractivity contribution in [2.45, 2.75) is 32.0 Å². The van der Waals surface area contributed by atoms with E-state index in [0.717, 1.165) is 27.0 Å². The number of rotatable bonds is 8. The van der Waals surface area contributed by atoms with Crippen LogP contribution in [0, 0.1) is 13.8 Å². The normalized spacial score (nSPS) is 12.3. The van der Waals surface area contributed by atoms with E-state index in [9.17, 15) is 4.79 Å². The summed E-state index contributed by atoms with van der Waals surface area (Å²) in [5, 5.41) is 8.49. The Labute approximate surface area is 176 Å². The summed E-state index contributed by atoms with van der Waals surface area (Å²) < 4.78 is 14.0. The van der Waals surface area contributed by atoms with Gasteiger partial charge in [-0.3, -0.25) is 4.79 Å². The Hall–Kier alpha value is -1.90. The summed E-state index contributed by atoms with van der Waals surface area (Å²) in [6, 6.07) is 9.74.